The minimum atomic E-state index is -0.0835. The quantitative estimate of drug-likeness (QED) is 0.357. The van der Waals surface area contributed by atoms with Gasteiger partial charge in [0.25, 0.3) is 0 Å². The van der Waals surface area contributed by atoms with Crippen molar-refractivity contribution in [3.05, 3.63) is 78.1 Å². The van der Waals surface area contributed by atoms with Gasteiger partial charge in [-0.1, -0.05) is 30.3 Å². The number of ketones is 1. The molecule has 6 heteroatoms. The maximum absolute atomic E-state index is 12.2. The zero-order valence-corrected chi connectivity index (χ0v) is 16.0. The molecule has 1 amide bonds. The van der Waals surface area contributed by atoms with Crippen LogP contribution in [0.4, 0.5) is 5.69 Å². The second-order valence-corrected chi connectivity index (χ2v) is 7.13. The Morgan fingerprint density at radius 3 is 2.52 bits per heavy atom. The average molecular weight is 380 g/mol. The third-order valence-corrected chi connectivity index (χ3v) is 5.15. The van der Waals surface area contributed by atoms with Crippen LogP contribution in [0.1, 0.15) is 22.8 Å². The van der Waals surface area contributed by atoms with Gasteiger partial charge in [-0.2, -0.15) is 0 Å². The minimum absolute atomic E-state index is 0.00948. The van der Waals surface area contributed by atoms with E-state index in [0.717, 1.165) is 18.1 Å². The lowest BCUT2D eigenvalue weighted by Crippen LogP contribution is -2.35. The molecule has 0 aliphatic rings. The van der Waals surface area contributed by atoms with E-state index in [9.17, 15) is 9.59 Å². The molecule has 3 rings (SSSR count). The molecular formula is C21H22N3O2S+. The summed E-state index contributed by atoms with van der Waals surface area (Å²) in [6.07, 6.45) is 4.81. The number of nitrogens with zero attached hydrogens (tertiary/aromatic N) is 1. The van der Waals surface area contributed by atoms with E-state index >= 15 is 0 Å². The normalized spacial score (nSPS) is 10.6. The number of hydrogen-bond donors (Lipinski definition) is 2. The van der Waals surface area contributed by atoms with E-state index in [2.05, 4.69) is 27.0 Å². The standard InChI is InChI=1S/C21H21N3O2S/c1-16(25)18-7-9-19(10-8-18)23-20(26)15-27-21-22-12-14-24(21)13-11-17-5-3-2-4-6-17/h2-10,12,14H,11,13,15H2,1H3,(H,23,25,26)/p+1. The fraction of sp³-hybridized carbons (Fsp3) is 0.190. The van der Waals surface area contributed by atoms with E-state index in [0.29, 0.717) is 17.0 Å². The van der Waals surface area contributed by atoms with Gasteiger partial charge in [-0.3, -0.25) is 9.59 Å². The van der Waals surface area contributed by atoms with Crippen molar-refractivity contribution in [1.29, 1.82) is 0 Å². The van der Waals surface area contributed by atoms with Crippen LogP contribution >= 0.6 is 11.8 Å². The van der Waals surface area contributed by atoms with Crippen LogP contribution in [0.5, 0.6) is 0 Å². The Bertz CT molecular complexity index is 905. The molecule has 2 aromatic carbocycles. The van der Waals surface area contributed by atoms with Gasteiger partial charge in [-0.15, -0.1) is 0 Å². The van der Waals surface area contributed by atoms with Crippen molar-refractivity contribution in [2.75, 3.05) is 11.1 Å². The molecule has 0 radical (unpaired) electrons. The van der Waals surface area contributed by atoms with Gasteiger partial charge in [-0.25, -0.2) is 9.55 Å². The number of Topliss-reactive ketones (excluding diaryl/α,β-unsaturated/α-hetero) is 1. The van der Waals surface area contributed by atoms with E-state index < -0.39 is 0 Å². The number of aryl methyl sites for hydroxylation is 2. The number of benzene rings is 2. The van der Waals surface area contributed by atoms with Crippen molar-refractivity contribution < 1.29 is 14.2 Å². The molecular weight excluding hydrogens is 358 g/mol. The van der Waals surface area contributed by atoms with Crippen LogP contribution < -0.4 is 9.88 Å². The van der Waals surface area contributed by atoms with Crippen molar-refractivity contribution in [3.8, 4) is 0 Å². The van der Waals surface area contributed by atoms with Gasteiger partial charge >= 0.3 is 5.16 Å². The third kappa shape index (κ3) is 5.56. The van der Waals surface area contributed by atoms with Crippen molar-refractivity contribution in [2.24, 2.45) is 0 Å². The predicted octanol–water partition coefficient (Wildman–Crippen LogP) is 3.48. The summed E-state index contributed by atoms with van der Waals surface area (Å²) >= 11 is 1.47. The molecule has 1 heterocycles. The summed E-state index contributed by atoms with van der Waals surface area (Å²) in [5.41, 5.74) is 2.61. The zero-order valence-electron chi connectivity index (χ0n) is 15.1. The first-order valence-electron chi connectivity index (χ1n) is 8.76. The molecule has 2 N–H and O–H groups in total. The van der Waals surface area contributed by atoms with Crippen LogP contribution in [0, 0.1) is 0 Å². The number of imidazole rings is 1. The summed E-state index contributed by atoms with van der Waals surface area (Å²) in [4.78, 5) is 26.7. The van der Waals surface area contributed by atoms with Crippen LogP contribution in [0.2, 0.25) is 0 Å². The highest BCUT2D eigenvalue weighted by molar-refractivity contribution is 7.99. The van der Waals surface area contributed by atoms with Gasteiger partial charge in [-0.05, 0) is 48.5 Å². The second kappa shape index (κ2) is 9.19. The monoisotopic (exact) mass is 380 g/mol. The molecule has 0 fully saturated rings. The number of aromatic nitrogens is 2. The Kier molecular flexibility index (Phi) is 6.44. The van der Waals surface area contributed by atoms with Crippen molar-refractivity contribution in [3.63, 3.8) is 0 Å². The molecule has 0 saturated heterocycles. The molecule has 138 valence electrons. The maximum atomic E-state index is 12.2. The van der Waals surface area contributed by atoms with Gasteiger partial charge < -0.3 is 5.32 Å². The highest BCUT2D eigenvalue weighted by Crippen LogP contribution is 2.14. The summed E-state index contributed by atoms with van der Waals surface area (Å²) in [5, 5.41) is 3.81. The number of amides is 1. The molecule has 27 heavy (non-hydrogen) atoms. The summed E-state index contributed by atoms with van der Waals surface area (Å²) in [6, 6.07) is 17.2. The Balaban J connectivity index is 1.50. The number of nitrogens with one attached hydrogen (secondary N) is 2. The van der Waals surface area contributed by atoms with E-state index in [4.69, 9.17) is 0 Å². The fourth-order valence-corrected chi connectivity index (χ4v) is 3.47. The first-order chi connectivity index (χ1) is 13.1. The van der Waals surface area contributed by atoms with Crippen LogP contribution in [0.3, 0.4) is 0 Å². The molecule has 0 spiro atoms. The number of hydrogen-bond acceptors (Lipinski definition) is 3. The first-order valence-corrected chi connectivity index (χ1v) is 9.75. The maximum Gasteiger partial charge on any atom is 0.316 e. The fourth-order valence-electron chi connectivity index (χ4n) is 2.66. The number of rotatable bonds is 8. The topological polar surface area (TPSA) is 65.8 Å². The number of carbonyl (C=O) groups excluding carboxylic acids is 2. The van der Waals surface area contributed by atoms with Crippen LogP contribution in [-0.4, -0.2) is 22.4 Å². The lowest BCUT2D eigenvalue weighted by Gasteiger charge is -2.05. The second-order valence-electron chi connectivity index (χ2n) is 6.16. The molecule has 0 unspecified atom stereocenters. The summed E-state index contributed by atoms with van der Waals surface area (Å²) < 4.78 is 2.12. The van der Waals surface area contributed by atoms with Crippen LogP contribution in [0.15, 0.2) is 72.1 Å². The molecule has 0 aliphatic carbocycles. The third-order valence-electron chi connectivity index (χ3n) is 4.12. The molecule has 5 nitrogen and oxygen atoms in total. The SMILES string of the molecule is CC(=O)c1ccc(NC(=O)CSc2[nH]cc[n+]2CCc2ccccc2)cc1. The van der Waals surface area contributed by atoms with Gasteiger partial charge in [0.2, 0.25) is 5.91 Å². The lowest BCUT2D eigenvalue weighted by atomic mass is 10.1. The highest BCUT2D eigenvalue weighted by Gasteiger charge is 2.14. The molecule has 1 aromatic heterocycles. The summed E-state index contributed by atoms with van der Waals surface area (Å²) in [6.45, 7) is 2.37. The van der Waals surface area contributed by atoms with Gasteiger partial charge in [0, 0.05) is 17.7 Å². The van der Waals surface area contributed by atoms with E-state index in [1.165, 1.54) is 24.2 Å². The van der Waals surface area contributed by atoms with E-state index in [1.54, 1.807) is 24.3 Å². The lowest BCUT2D eigenvalue weighted by molar-refractivity contribution is -0.731. The molecule has 0 saturated carbocycles. The van der Waals surface area contributed by atoms with Crippen LogP contribution in [0.25, 0.3) is 0 Å². The number of aromatic amines is 1. The number of thioether (sulfide) groups is 1. The van der Waals surface area contributed by atoms with Crippen molar-refractivity contribution in [1.82, 2.24) is 4.98 Å². The predicted molar refractivity (Wildman–Crippen MR) is 107 cm³/mol. The Hall–Kier alpha value is -2.86. The Labute approximate surface area is 162 Å². The Morgan fingerprint density at radius 1 is 1.07 bits per heavy atom. The number of H-pyrrole nitrogens is 1. The summed E-state index contributed by atoms with van der Waals surface area (Å²) in [5.74, 6) is 0.232. The average Bonchev–Trinajstić information content (AvgIpc) is 3.13. The van der Waals surface area contributed by atoms with E-state index in [-0.39, 0.29) is 11.7 Å². The summed E-state index contributed by atoms with van der Waals surface area (Å²) in [7, 11) is 0. The molecule has 0 bridgehead atoms. The number of anilines is 1. The first kappa shape index (κ1) is 18.9. The number of carbonyl (C=O) groups is 2. The van der Waals surface area contributed by atoms with Gasteiger partial charge in [0.15, 0.2) is 5.78 Å². The smallest absolute Gasteiger partial charge is 0.316 e. The van der Waals surface area contributed by atoms with Crippen LogP contribution in [-0.2, 0) is 17.8 Å². The van der Waals surface area contributed by atoms with Crippen molar-refractivity contribution in [2.45, 2.75) is 25.0 Å². The Morgan fingerprint density at radius 2 is 1.81 bits per heavy atom. The minimum Gasteiger partial charge on any atom is -0.325 e. The van der Waals surface area contributed by atoms with E-state index in [1.807, 2.05) is 30.6 Å². The zero-order chi connectivity index (χ0) is 19.1. The van der Waals surface area contributed by atoms with Gasteiger partial charge in [0.05, 0.1) is 12.3 Å². The molecule has 0 atom stereocenters. The molecule has 3 aromatic rings. The molecule has 0 aliphatic heterocycles. The largest absolute Gasteiger partial charge is 0.325 e. The highest BCUT2D eigenvalue weighted by atomic mass is 32.2. The van der Waals surface area contributed by atoms with Gasteiger partial charge in [0.1, 0.15) is 12.4 Å². The van der Waals surface area contributed by atoms with Crippen molar-refractivity contribution >= 4 is 29.1 Å².